The quantitative estimate of drug-likeness (QED) is 0.895. The van der Waals surface area contributed by atoms with Crippen molar-refractivity contribution in [2.24, 2.45) is 0 Å². The van der Waals surface area contributed by atoms with Crippen molar-refractivity contribution in [1.82, 2.24) is 34.8 Å². The summed E-state index contributed by atoms with van der Waals surface area (Å²) in [6.45, 7) is 5.25. The molecule has 8 heteroatoms. The number of aromatic amines is 1. The normalized spacial score (nSPS) is 19.1. The van der Waals surface area contributed by atoms with Crippen LogP contribution < -0.4 is 0 Å². The molecule has 0 spiro atoms. The molecule has 1 amide bonds. The minimum Gasteiger partial charge on any atom is -0.335 e. The summed E-state index contributed by atoms with van der Waals surface area (Å²) in [5.74, 6) is 2.02. The van der Waals surface area contributed by atoms with E-state index in [4.69, 9.17) is 0 Å². The van der Waals surface area contributed by atoms with E-state index in [0.717, 1.165) is 44.2 Å². The van der Waals surface area contributed by atoms with Gasteiger partial charge in [-0.1, -0.05) is 6.42 Å². The molecule has 0 atom stereocenters. The first-order chi connectivity index (χ1) is 11.8. The van der Waals surface area contributed by atoms with E-state index in [1.165, 1.54) is 19.3 Å². The fourth-order valence-corrected chi connectivity index (χ4v) is 3.57. The van der Waals surface area contributed by atoms with E-state index in [0.29, 0.717) is 18.8 Å². The summed E-state index contributed by atoms with van der Waals surface area (Å²) in [5, 5.41) is 15.4. The van der Waals surface area contributed by atoms with Gasteiger partial charge in [0.05, 0.1) is 6.54 Å². The predicted molar refractivity (Wildman–Crippen MR) is 87.3 cm³/mol. The van der Waals surface area contributed by atoms with Gasteiger partial charge in [-0.3, -0.25) is 14.8 Å². The molecule has 2 aliphatic rings. The summed E-state index contributed by atoms with van der Waals surface area (Å²) in [6.07, 6.45) is 6.23. The highest BCUT2D eigenvalue weighted by molar-refractivity contribution is 5.92. The highest BCUT2D eigenvalue weighted by Crippen LogP contribution is 2.15. The molecule has 0 radical (unpaired) electrons. The van der Waals surface area contributed by atoms with Gasteiger partial charge in [0.25, 0.3) is 5.91 Å². The summed E-state index contributed by atoms with van der Waals surface area (Å²) in [5.41, 5.74) is 0.543. The predicted octanol–water partition coefficient (Wildman–Crippen LogP) is 0.686. The topological polar surface area (TPSA) is 82.9 Å². The number of carbonyl (C=O) groups excluding carboxylic acids is 1. The van der Waals surface area contributed by atoms with Crippen LogP contribution in [0.15, 0.2) is 12.3 Å². The van der Waals surface area contributed by atoms with Crippen LogP contribution in [0.2, 0.25) is 0 Å². The number of amides is 1. The Hall–Kier alpha value is -2.22. The Morgan fingerprint density at radius 3 is 2.75 bits per heavy atom. The number of fused-ring (bicyclic) bond motifs is 1. The third kappa shape index (κ3) is 3.06. The molecule has 128 valence electrons. The molecule has 1 N–H and O–H groups in total. The SMILES string of the molecule is O=C(c1ccn[nH]1)N1CCc2nnc(CN3CCCCC3)n2CC1. The van der Waals surface area contributed by atoms with Crippen molar-refractivity contribution in [3.05, 3.63) is 29.6 Å². The lowest BCUT2D eigenvalue weighted by molar-refractivity contribution is 0.0752. The first kappa shape index (κ1) is 15.3. The van der Waals surface area contributed by atoms with E-state index in [1.807, 2.05) is 4.90 Å². The van der Waals surface area contributed by atoms with Gasteiger partial charge in [0.15, 0.2) is 0 Å². The largest absolute Gasteiger partial charge is 0.335 e. The van der Waals surface area contributed by atoms with E-state index in [2.05, 4.69) is 29.9 Å². The summed E-state index contributed by atoms with van der Waals surface area (Å²) in [4.78, 5) is 16.8. The van der Waals surface area contributed by atoms with Crippen molar-refractivity contribution in [2.45, 2.75) is 38.8 Å². The van der Waals surface area contributed by atoms with Crippen molar-refractivity contribution in [3.63, 3.8) is 0 Å². The second-order valence-corrected chi connectivity index (χ2v) is 6.53. The van der Waals surface area contributed by atoms with Gasteiger partial charge in [-0.05, 0) is 32.0 Å². The summed E-state index contributed by atoms with van der Waals surface area (Å²) in [7, 11) is 0. The maximum atomic E-state index is 12.5. The van der Waals surface area contributed by atoms with Crippen LogP contribution in [0.25, 0.3) is 0 Å². The zero-order chi connectivity index (χ0) is 16.4. The van der Waals surface area contributed by atoms with Gasteiger partial charge >= 0.3 is 0 Å². The number of hydrogen-bond acceptors (Lipinski definition) is 5. The number of nitrogens with zero attached hydrogens (tertiary/aromatic N) is 6. The van der Waals surface area contributed by atoms with E-state index in [-0.39, 0.29) is 5.91 Å². The highest BCUT2D eigenvalue weighted by Gasteiger charge is 2.24. The van der Waals surface area contributed by atoms with E-state index in [9.17, 15) is 4.79 Å². The number of H-pyrrole nitrogens is 1. The third-order valence-electron chi connectivity index (χ3n) is 4.93. The lowest BCUT2D eigenvalue weighted by Crippen LogP contribution is -2.34. The van der Waals surface area contributed by atoms with Gasteiger partial charge in [0.1, 0.15) is 17.3 Å². The Balaban J connectivity index is 1.44. The minimum absolute atomic E-state index is 0.00351. The average molecular weight is 329 g/mol. The summed E-state index contributed by atoms with van der Waals surface area (Å²) >= 11 is 0. The van der Waals surface area contributed by atoms with Gasteiger partial charge < -0.3 is 9.47 Å². The first-order valence-electron chi connectivity index (χ1n) is 8.73. The monoisotopic (exact) mass is 329 g/mol. The molecule has 4 heterocycles. The lowest BCUT2D eigenvalue weighted by atomic mass is 10.1. The number of hydrogen-bond donors (Lipinski definition) is 1. The molecule has 1 saturated heterocycles. The number of carbonyl (C=O) groups is 1. The molecule has 0 unspecified atom stereocenters. The van der Waals surface area contributed by atoms with Crippen molar-refractivity contribution >= 4 is 5.91 Å². The minimum atomic E-state index is 0.00351. The smallest absolute Gasteiger partial charge is 0.271 e. The Morgan fingerprint density at radius 2 is 1.96 bits per heavy atom. The van der Waals surface area contributed by atoms with Crippen molar-refractivity contribution in [3.8, 4) is 0 Å². The van der Waals surface area contributed by atoms with E-state index >= 15 is 0 Å². The first-order valence-corrected chi connectivity index (χ1v) is 8.73. The van der Waals surface area contributed by atoms with Crippen LogP contribution >= 0.6 is 0 Å². The maximum Gasteiger partial charge on any atom is 0.271 e. The van der Waals surface area contributed by atoms with Gasteiger partial charge in [-0.2, -0.15) is 5.10 Å². The molecule has 0 bridgehead atoms. The third-order valence-corrected chi connectivity index (χ3v) is 4.93. The standard InChI is InChI=1S/C16H23N7O/c24-16(13-4-6-17-18-13)22-9-5-14-19-20-15(23(14)11-10-22)12-21-7-2-1-3-8-21/h4,6H,1-3,5,7-12H2,(H,17,18). The van der Waals surface area contributed by atoms with Crippen LogP contribution in [0.5, 0.6) is 0 Å². The van der Waals surface area contributed by atoms with Gasteiger partial charge in [0, 0.05) is 32.3 Å². The van der Waals surface area contributed by atoms with Gasteiger partial charge in [-0.15, -0.1) is 10.2 Å². The highest BCUT2D eigenvalue weighted by atomic mass is 16.2. The van der Waals surface area contributed by atoms with Gasteiger partial charge in [-0.25, -0.2) is 0 Å². The Bertz CT molecular complexity index is 687. The Labute approximate surface area is 140 Å². The van der Waals surface area contributed by atoms with Crippen LogP contribution in [0.1, 0.15) is 41.4 Å². The molecular weight excluding hydrogens is 306 g/mol. The molecule has 0 aliphatic carbocycles. The molecule has 2 aliphatic heterocycles. The lowest BCUT2D eigenvalue weighted by Gasteiger charge is -2.26. The maximum absolute atomic E-state index is 12.5. The summed E-state index contributed by atoms with van der Waals surface area (Å²) < 4.78 is 2.20. The van der Waals surface area contributed by atoms with Crippen LogP contribution in [0.3, 0.4) is 0 Å². The molecule has 1 fully saturated rings. The zero-order valence-electron chi connectivity index (χ0n) is 13.8. The number of nitrogens with one attached hydrogen (secondary N) is 1. The second-order valence-electron chi connectivity index (χ2n) is 6.53. The number of likely N-dealkylation sites (tertiary alicyclic amines) is 1. The van der Waals surface area contributed by atoms with Crippen LogP contribution in [-0.4, -0.2) is 66.8 Å². The number of rotatable bonds is 3. The molecule has 8 nitrogen and oxygen atoms in total. The van der Waals surface area contributed by atoms with Crippen molar-refractivity contribution in [2.75, 3.05) is 26.2 Å². The second kappa shape index (κ2) is 6.72. The average Bonchev–Trinajstić information content (AvgIpc) is 3.22. The van der Waals surface area contributed by atoms with Crippen LogP contribution in [0, 0.1) is 0 Å². The fraction of sp³-hybridized carbons (Fsp3) is 0.625. The molecule has 2 aromatic rings. The molecule has 0 aromatic carbocycles. The molecule has 4 rings (SSSR count). The van der Waals surface area contributed by atoms with Crippen molar-refractivity contribution < 1.29 is 4.79 Å². The molecule has 0 saturated carbocycles. The van der Waals surface area contributed by atoms with Gasteiger partial charge in [0.2, 0.25) is 0 Å². The number of piperidine rings is 1. The Kier molecular flexibility index (Phi) is 4.29. The fourth-order valence-electron chi connectivity index (χ4n) is 3.57. The Morgan fingerprint density at radius 1 is 1.08 bits per heavy atom. The summed E-state index contributed by atoms with van der Waals surface area (Å²) in [6, 6.07) is 1.72. The number of aromatic nitrogens is 5. The van der Waals surface area contributed by atoms with Crippen LogP contribution in [-0.2, 0) is 19.5 Å². The van der Waals surface area contributed by atoms with E-state index in [1.54, 1.807) is 12.3 Å². The van der Waals surface area contributed by atoms with Crippen molar-refractivity contribution in [1.29, 1.82) is 0 Å². The zero-order valence-corrected chi connectivity index (χ0v) is 13.8. The van der Waals surface area contributed by atoms with E-state index < -0.39 is 0 Å². The molecular formula is C16H23N7O. The molecule has 24 heavy (non-hydrogen) atoms. The molecule has 2 aromatic heterocycles. The van der Waals surface area contributed by atoms with Crippen LogP contribution in [0.4, 0.5) is 0 Å².